The summed E-state index contributed by atoms with van der Waals surface area (Å²) < 4.78 is 32.1. The summed E-state index contributed by atoms with van der Waals surface area (Å²) in [6.45, 7) is 0. The fraction of sp³-hybridized carbons (Fsp3) is 0.529. The van der Waals surface area contributed by atoms with Crippen LogP contribution in [-0.4, -0.2) is 29.1 Å². The largest absolute Gasteiger partial charge is 0.488 e. The van der Waals surface area contributed by atoms with E-state index in [1.807, 2.05) is 0 Å². The summed E-state index contributed by atoms with van der Waals surface area (Å²) in [4.78, 5) is 23.3. The number of rotatable bonds is 6. The minimum Gasteiger partial charge on any atom is -0.488 e. The molecule has 1 aromatic rings. The van der Waals surface area contributed by atoms with E-state index < -0.39 is 23.0 Å². The van der Waals surface area contributed by atoms with E-state index in [4.69, 9.17) is 9.84 Å². The van der Waals surface area contributed by atoms with Crippen LogP contribution >= 0.6 is 0 Å². The number of halogens is 2. The minimum absolute atomic E-state index is 0.0415. The summed E-state index contributed by atoms with van der Waals surface area (Å²) in [5, 5.41) is 12.0. The number of nitrogens with one attached hydrogen (secondary N) is 1. The zero-order valence-electron chi connectivity index (χ0n) is 13.1. The second-order valence-electron chi connectivity index (χ2n) is 6.63. The molecule has 0 saturated heterocycles. The zero-order chi connectivity index (χ0) is 17.3. The number of hydrogen-bond acceptors (Lipinski definition) is 3. The Labute approximate surface area is 138 Å². The lowest BCUT2D eigenvalue weighted by molar-refractivity contribution is -0.145. The number of carboxylic acid groups (broad SMARTS) is 1. The van der Waals surface area contributed by atoms with Crippen LogP contribution < -0.4 is 10.1 Å². The normalized spacial score (nSPS) is 24.4. The summed E-state index contributed by atoms with van der Waals surface area (Å²) >= 11 is 0. The summed E-state index contributed by atoms with van der Waals surface area (Å²) in [5.41, 5.74) is -0.912. The molecule has 24 heavy (non-hydrogen) atoms. The van der Waals surface area contributed by atoms with Crippen LogP contribution in [-0.2, 0) is 9.59 Å². The standard InChI is InChI=1S/C17H19F2NO4/c18-10-6-11(19)8-12(7-10)24-14-3-1-2-13(14)20-15(21)9-17(4-5-17)16(22)23/h6-8,13-14H,1-5,9H2,(H,20,21)(H,22,23)/t13-,14+/m1/s1. The molecule has 2 aliphatic rings. The lowest BCUT2D eigenvalue weighted by Crippen LogP contribution is -2.43. The Morgan fingerprint density at radius 2 is 1.88 bits per heavy atom. The van der Waals surface area contributed by atoms with Crippen molar-refractivity contribution in [1.82, 2.24) is 5.32 Å². The molecule has 2 N–H and O–H groups in total. The molecular weight excluding hydrogens is 320 g/mol. The van der Waals surface area contributed by atoms with Crippen molar-refractivity contribution >= 4 is 11.9 Å². The molecule has 5 nitrogen and oxygen atoms in total. The highest BCUT2D eigenvalue weighted by Gasteiger charge is 2.51. The third kappa shape index (κ3) is 3.66. The van der Waals surface area contributed by atoms with Crippen LogP contribution in [0.1, 0.15) is 38.5 Å². The molecule has 0 bridgehead atoms. The Bertz CT molecular complexity index is 640. The van der Waals surface area contributed by atoms with Gasteiger partial charge in [-0.25, -0.2) is 8.78 Å². The Morgan fingerprint density at radius 1 is 1.21 bits per heavy atom. The number of carbonyl (C=O) groups excluding carboxylic acids is 1. The molecular formula is C17H19F2NO4. The number of carbonyl (C=O) groups is 2. The maximum absolute atomic E-state index is 13.2. The van der Waals surface area contributed by atoms with Gasteiger partial charge in [-0.3, -0.25) is 9.59 Å². The molecule has 0 unspecified atom stereocenters. The first kappa shape index (κ1) is 16.7. The Morgan fingerprint density at radius 3 is 2.46 bits per heavy atom. The molecule has 7 heteroatoms. The Balaban J connectivity index is 1.59. The van der Waals surface area contributed by atoms with E-state index in [1.54, 1.807) is 0 Å². The number of amides is 1. The first-order valence-electron chi connectivity index (χ1n) is 8.03. The molecule has 2 fully saturated rings. The minimum atomic E-state index is -0.938. The average Bonchev–Trinajstić information content (AvgIpc) is 3.14. The van der Waals surface area contributed by atoms with Gasteiger partial charge in [0.15, 0.2) is 0 Å². The Hall–Kier alpha value is -2.18. The van der Waals surface area contributed by atoms with Crippen LogP contribution in [0, 0.1) is 17.0 Å². The van der Waals surface area contributed by atoms with Crippen LogP contribution in [0.15, 0.2) is 18.2 Å². The Kier molecular flexibility index (Phi) is 4.43. The van der Waals surface area contributed by atoms with Crippen molar-refractivity contribution in [3.05, 3.63) is 29.8 Å². The second-order valence-corrected chi connectivity index (χ2v) is 6.63. The summed E-state index contributed by atoms with van der Waals surface area (Å²) in [6.07, 6.45) is 2.78. The molecule has 0 aromatic heterocycles. The van der Waals surface area contributed by atoms with Crippen LogP contribution in [0.5, 0.6) is 5.75 Å². The third-order valence-corrected chi connectivity index (χ3v) is 4.73. The highest BCUT2D eigenvalue weighted by Crippen LogP contribution is 2.49. The highest BCUT2D eigenvalue weighted by atomic mass is 19.1. The van der Waals surface area contributed by atoms with Crippen molar-refractivity contribution in [1.29, 1.82) is 0 Å². The summed E-state index contributed by atoms with van der Waals surface area (Å²) in [5.74, 6) is -2.61. The van der Waals surface area contributed by atoms with Gasteiger partial charge in [-0.1, -0.05) is 0 Å². The SMILES string of the molecule is O=C(CC1(C(=O)O)CC1)N[C@@H]1CCC[C@@H]1Oc1cc(F)cc(F)c1. The van der Waals surface area contributed by atoms with Gasteiger partial charge in [0.1, 0.15) is 23.5 Å². The van der Waals surface area contributed by atoms with Gasteiger partial charge in [0.05, 0.1) is 11.5 Å². The molecule has 1 amide bonds. The average molecular weight is 339 g/mol. The van der Waals surface area contributed by atoms with Crippen LogP contribution in [0.2, 0.25) is 0 Å². The molecule has 1 aromatic carbocycles. The van der Waals surface area contributed by atoms with Crippen molar-refractivity contribution in [2.24, 2.45) is 5.41 Å². The number of benzene rings is 1. The lowest BCUT2D eigenvalue weighted by atomic mass is 10.0. The van der Waals surface area contributed by atoms with Crippen LogP contribution in [0.25, 0.3) is 0 Å². The molecule has 2 aliphatic carbocycles. The van der Waals surface area contributed by atoms with Crippen molar-refractivity contribution in [3.63, 3.8) is 0 Å². The zero-order valence-corrected chi connectivity index (χ0v) is 13.1. The van der Waals surface area contributed by atoms with Gasteiger partial charge in [0, 0.05) is 24.6 Å². The quantitative estimate of drug-likeness (QED) is 0.835. The molecule has 3 rings (SSSR count). The molecule has 0 spiro atoms. The fourth-order valence-corrected chi connectivity index (χ4v) is 3.19. The van der Waals surface area contributed by atoms with E-state index in [0.717, 1.165) is 24.6 Å². The van der Waals surface area contributed by atoms with Crippen LogP contribution in [0.3, 0.4) is 0 Å². The summed E-state index contributed by atoms with van der Waals surface area (Å²) in [6, 6.07) is 2.68. The first-order valence-corrected chi connectivity index (χ1v) is 8.03. The van der Waals surface area contributed by atoms with E-state index in [-0.39, 0.29) is 30.2 Å². The molecule has 130 valence electrons. The second kappa shape index (κ2) is 6.37. The van der Waals surface area contributed by atoms with Crippen molar-refractivity contribution in [2.75, 3.05) is 0 Å². The predicted molar refractivity (Wildman–Crippen MR) is 80.5 cm³/mol. The molecule has 2 atom stereocenters. The lowest BCUT2D eigenvalue weighted by Gasteiger charge is -2.23. The van der Waals surface area contributed by atoms with Gasteiger partial charge in [0.25, 0.3) is 0 Å². The number of ether oxygens (including phenoxy) is 1. The molecule has 2 saturated carbocycles. The van der Waals surface area contributed by atoms with Gasteiger partial charge < -0.3 is 15.2 Å². The number of hydrogen-bond donors (Lipinski definition) is 2. The highest BCUT2D eigenvalue weighted by molar-refractivity contribution is 5.87. The molecule has 0 radical (unpaired) electrons. The van der Waals surface area contributed by atoms with E-state index in [9.17, 15) is 18.4 Å². The van der Waals surface area contributed by atoms with Crippen LogP contribution in [0.4, 0.5) is 8.78 Å². The van der Waals surface area contributed by atoms with Crippen molar-refractivity contribution < 1.29 is 28.2 Å². The first-order chi connectivity index (χ1) is 11.4. The third-order valence-electron chi connectivity index (χ3n) is 4.73. The van der Waals surface area contributed by atoms with Gasteiger partial charge in [-0.05, 0) is 32.1 Å². The van der Waals surface area contributed by atoms with Gasteiger partial charge in [-0.2, -0.15) is 0 Å². The number of aliphatic carboxylic acids is 1. The van der Waals surface area contributed by atoms with Gasteiger partial charge in [0.2, 0.25) is 5.91 Å². The molecule has 0 heterocycles. The van der Waals surface area contributed by atoms with E-state index in [1.165, 1.54) is 0 Å². The topological polar surface area (TPSA) is 75.6 Å². The summed E-state index contributed by atoms with van der Waals surface area (Å²) in [7, 11) is 0. The maximum atomic E-state index is 13.2. The molecule has 0 aliphatic heterocycles. The monoisotopic (exact) mass is 339 g/mol. The van der Waals surface area contributed by atoms with Gasteiger partial charge in [-0.15, -0.1) is 0 Å². The van der Waals surface area contributed by atoms with Crippen molar-refractivity contribution in [3.8, 4) is 5.75 Å². The fourth-order valence-electron chi connectivity index (χ4n) is 3.19. The van der Waals surface area contributed by atoms with Crippen molar-refractivity contribution in [2.45, 2.75) is 50.7 Å². The maximum Gasteiger partial charge on any atom is 0.310 e. The van der Waals surface area contributed by atoms with E-state index in [2.05, 4.69) is 5.32 Å². The number of carboxylic acids is 1. The van der Waals surface area contributed by atoms with E-state index in [0.29, 0.717) is 25.7 Å². The smallest absolute Gasteiger partial charge is 0.310 e. The van der Waals surface area contributed by atoms with Gasteiger partial charge >= 0.3 is 5.97 Å². The van der Waals surface area contributed by atoms with E-state index >= 15 is 0 Å². The predicted octanol–water partition coefficient (Wildman–Crippen LogP) is 2.64.